The summed E-state index contributed by atoms with van der Waals surface area (Å²) < 4.78 is 7.37. The Hall–Kier alpha value is -2.65. The number of H-pyrrole nitrogens is 1. The van der Waals surface area contributed by atoms with Crippen LogP contribution >= 0.6 is 23.1 Å². The summed E-state index contributed by atoms with van der Waals surface area (Å²) in [6.45, 7) is 5.97. The lowest BCUT2D eigenvalue weighted by Crippen LogP contribution is -2.12. The molecule has 1 unspecified atom stereocenters. The molecule has 3 aromatic heterocycles. The second-order valence-corrected chi connectivity index (χ2v) is 9.25. The first-order valence-electron chi connectivity index (χ1n) is 9.10. The number of thioether (sulfide) groups is 1. The van der Waals surface area contributed by atoms with Crippen LogP contribution in [0.3, 0.4) is 0 Å². The highest BCUT2D eigenvalue weighted by Crippen LogP contribution is 2.36. The van der Waals surface area contributed by atoms with Crippen molar-refractivity contribution < 1.29 is 4.74 Å². The summed E-state index contributed by atoms with van der Waals surface area (Å²) in [5.74, 6) is 2.10. The van der Waals surface area contributed by atoms with Gasteiger partial charge in [-0.25, -0.2) is 4.98 Å². The van der Waals surface area contributed by atoms with Crippen LogP contribution in [0.5, 0.6) is 5.75 Å². The van der Waals surface area contributed by atoms with Crippen molar-refractivity contribution in [3.05, 3.63) is 50.9 Å². The Kier molecular flexibility index (Phi) is 5.18. The third-order valence-electron chi connectivity index (χ3n) is 4.91. The molecule has 0 aliphatic carbocycles. The summed E-state index contributed by atoms with van der Waals surface area (Å²) in [6, 6.07) is 7.71. The zero-order chi connectivity index (χ0) is 20.7. The fourth-order valence-corrected chi connectivity index (χ4v) is 5.07. The molecule has 0 radical (unpaired) electrons. The topological polar surface area (TPSA) is 85.7 Å². The number of benzene rings is 1. The van der Waals surface area contributed by atoms with E-state index < -0.39 is 0 Å². The van der Waals surface area contributed by atoms with Gasteiger partial charge in [-0.1, -0.05) is 23.9 Å². The Labute approximate surface area is 176 Å². The smallest absolute Gasteiger partial charge is 0.259 e. The molecule has 1 N–H and O–H groups in total. The van der Waals surface area contributed by atoms with E-state index in [1.54, 1.807) is 18.4 Å². The largest absolute Gasteiger partial charge is 0.496 e. The number of hydrogen-bond donors (Lipinski definition) is 1. The summed E-state index contributed by atoms with van der Waals surface area (Å²) in [5.41, 5.74) is 1.79. The van der Waals surface area contributed by atoms with E-state index in [1.807, 2.05) is 56.7 Å². The van der Waals surface area contributed by atoms with Gasteiger partial charge < -0.3 is 14.3 Å². The van der Waals surface area contributed by atoms with Gasteiger partial charge in [0.2, 0.25) is 0 Å². The highest BCUT2D eigenvalue weighted by Gasteiger charge is 2.20. The van der Waals surface area contributed by atoms with Crippen LogP contribution in [0, 0.1) is 13.8 Å². The van der Waals surface area contributed by atoms with Crippen LogP contribution < -0.4 is 10.3 Å². The van der Waals surface area contributed by atoms with Gasteiger partial charge in [0.15, 0.2) is 11.0 Å². The summed E-state index contributed by atoms with van der Waals surface area (Å²) in [4.78, 5) is 22.1. The lowest BCUT2D eigenvalue weighted by Gasteiger charge is -2.11. The molecule has 4 rings (SSSR count). The van der Waals surface area contributed by atoms with Crippen molar-refractivity contribution in [2.24, 2.45) is 7.05 Å². The van der Waals surface area contributed by atoms with E-state index in [1.165, 1.54) is 11.8 Å². The molecule has 150 valence electrons. The summed E-state index contributed by atoms with van der Waals surface area (Å²) in [7, 11) is 3.56. The molecule has 4 aromatic rings. The molecule has 7 nitrogen and oxygen atoms in total. The molecule has 0 aliphatic heterocycles. The first-order valence-corrected chi connectivity index (χ1v) is 10.8. The number of aryl methyl sites for hydroxylation is 2. The maximum Gasteiger partial charge on any atom is 0.259 e. The number of aromatic amines is 1. The molecule has 3 heterocycles. The minimum atomic E-state index is -0.0942. The average Bonchev–Trinajstić information content (AvgIpc) is 3.21. The molecule has 0 saturated heterocycles. The van der Waals surface area contributed by atoms with Crippen molar-refractivity contribution in [1.29, 1.82) is 0 Å². The van der Waals surface area contributed by atoms with E-state index in [0.29, 0.717) is 11.2 Å². The van der Waals surface area contributed by atoms with Gasteiger partial charge in [0.05, 0.1) is 23.3 Å². The predicted molar refractivity (Wildman–Crippen MR) is 117 cm³/mol. The number of aromatic nitrogens is 5. The number of ether oxygens (including phenoxy) is 1. The standard InChI is InChI=1S/C20H21N5O2S2/c1-10-11(2)28-19-15(10)18(26)21-16(22-19)12(3)29-20-24-23-17(25(20)4)13-8-6-7-9-14(13)27-5/h6-9,12H,1-5H3,(H,21,22,26). The van der Waals surface area contributed by atoms with Crippen molar-refractivity contribution in [2.75, 3.05) is 7.11 Å². The molecule has 1 atom stereocenters. The quantitative estimate of drug-likeness (QED) is 0.479. The highest BCUT2D eigenvalue weighted by molar-refractivity contribution is 7.99. The second-order valence-electron chi connectivity index (χ2n) is 6.74. The number of nitrogens with one attached hydrogen (secondary N) is 1. The number of rotatable bonds is 5. The van der Waals surface area contributed by atoms with Crippen LogP contribution in [0.4, 0.5) is 0 Å². The van der Waals surface area contributed by atoms with Crippen molar-refractivity contribution in [3.63, 3.8) is 0 Å². The fourth-order valence-electron chi connectivity index (χ4n) is 3.16. The normalized spacial score (nSPS) is 12.4. The van der Waals surface area contributed by atoms with E-state index >= 15 is 0 Å². The molecular weight excluding hydrogens is 406 g/mol. The molecule has 1 aromatic carbocycles. The van der Waals surface area contributed by atoms with Gasteiger partial charge >= 0.3 is 0 Å². The van der Waals surface area contributed by atoms with E-state index in [-0.39, 0.29) is 10.8 Å². The van der Waals surface area contributed by atoms with Crippen molar-refractivity contribution >= 4 is 33.3 Å². The molecule has 0 saturated carbocycles. The van der Waals surface area contributed by atoms with Crippen LogP contribution in [-0.2, 0) is 7.05 Å². The number of nitrogens with zero attached hydrogens (tertiary/aromatic N) is 4. The average molecular weight is 428 g/mol. The van der Waals surface area contributed by atoms with Crippen LogP contribution in [0.15, 0.2) is 34.2 Å². The molecule has 0 amide bonds. The monoisotopic (exact) mass is 427 g/mol. The fraction of sp³-hybridized carbons (Fsp3) is 0.300. The summed E-state index contributed by atoms with van der Waals surface area (Å²) in [6.07, 6.45) is 0. The molecule has 9 heteroatoms. The predicted octanol–water partition coefficient (Wildman–Crippen LogP) is 4.26. The molecule has 0 aliphatic rings. The SMILES string of the molecule is COc1ccccc1-c1nnc(SC(C)c2nc3sc(C)c(C)c3c(=O)[nH]2)n1C. The van der Waals surface area contributed by atoms with Gasteiger partial charge in [0.25, 0.3) is 5.56 Å². The maximum atomic E-state index is 12.6. The second kappa shape index (κ2) is 7.64. The van der Waals surface area contributed by atoms with E-state index in [2.05, 4.69) is 15.2 Å². The van der Waals surface area contributed by atoms with E-state index in [0.717, 1.165) is 37.6 Å². The van der Waals surface area contributed by atoms with Gasteiger partial charge in [-0.05, 0) is 38.5 Å². The first-order chi connectivity index (χ1) is 13.9. The number of fused-ring (bicyclic) bond motifs is 1. The first kappa shape index (κ1) is 19.7. The Morgan fingerprint density at radius 3 is 2.76 bits per heavy atom. The van der Waals surface area contributed by atoms with E-state index in [9.17, 15) is 4.79 Å². The third kappa shape index (κ3) is 3.44. The van der Waals surface area contributed by atoms with Crippen molar-refractivity contribution in [3.8, 4) is 17.1 Å². The highest BCUT2D eigenvalue weighted by atomic mass is 32.2. The Balaban J connectivity index is 1.66. The molecule has 0 bridgehead atoms. The Morgan fingerprint density at radius 1 is 1.24 bits per heavy atom. The Bertz CT molecular complexity index is 1260. The molecule has 0 spiro atoms. The van der Waals surface area contributed by atoms with Gasteiger partial charge in [0, 0.05) is 11.9 Å². The minimum absolute atomic E-state index is 0.0908. The summed E-state index contributed by atoms with van der Waals surface area (Å²) in [5, 5.41) is 10.0. The Morgan fingerprint density at radius 2 is 2.00 bits per heavy atom. The number of thiophene rings is 1. The van der Waals surface area contributed by atoms with Crippen LogP contribution in [0.25, 0.3) is 21.6 Å². The number of methoxy groups -OCH3 is 1. The molecule has 0 fully saturated rings. The van der Waals surface area contributed by atoms with Crippen molar-refractivity contribution in [1.82, 2.24) is 24.7 Å². The minimum Gasteiger partial charge on any atom is -0.496 e. The molecule has 29 heavy (non-hydrogen) atoms. The number of para-hydroxylation sites is 1. The molecular formula is C20H21N5O2S2. The van der Waals surface area contributed by atoms with E-state index in [4.69, 9.17) is 9.72 Å². The summed E-state index contributed by atoms with van der Waals surface area (Å²) >= 11 is 3.05. The zero-order valence-corrected chi connectivity index (χ0v) is 18.4. The lowest BCUT2D eigenvalue weighted by molar-refractivity contribution is 0.416. The van der Waals surface area contributed by atoms with Crippen LogP contribution in [0.1, 0.15) is 28.4 Å². The van der Waals surface area contributed by atoms with Crippen LogP contribution in [0.2, 0.25) is 0 Å². The van der Waals surface area contributed by atoms with Crippen LogP contribution in [-0.4, -0.2) is 31.8 Å². The number of hydrogen-bond acceptors (Lipinski definition) is 7. The van der Waals surface area contributed by atoms with Gasteiger partial charge in [-0.15, -0.1) is 21.5 Å². The maximum absolute atomic E-state index is 12.6. The van der Waals surface area contributed by atoms with Crippen molar-refractivity contribution in [2.45, 2.75) is 31.2 Å². The lowest BCUT2D eigenvalue weighted by atomic mass is 10.2. The van der Waals surface area contributed by atoms with Gasteiger partial charge in [-0.2, -0.15) is 0 Å². The third-order valence-corrected chi connectivity index (χ3v) is 7.15. The zero-order valence-electron chi connectivity index (χ0n) is 16.8. The van der Waals surface area contributed by atoms with Gasteiger partial charge in [-0.3, -0.25) is 4.79 Å². The van der Waals surface area contributed by atoms with Gasteiger partial charge in [0.1, 0.15) is 16.4 Å².